The van der Waals surface area contributed by atoms with Crippen LogP contribution >= 0.6 is 0 Å². The van der Waals surface area contributed by atoms with Crippen LogP contribution in [-0.4, -0.2) is 35.8 Å². The largest absolute Gasteiger partial charge is 0.322 e. The van der Waals surface area contributed by atoms with E-state index in [2.05, 4.69) is 14.8 Å². The average Bonchev–Trinajstić information content (AvgIpc) is 3.45. The second kappa shape index (κ2) is 7.39. The molecule has 0 aromatic heterocycles. The van der Waals surface area contributed by atoms with Crippen molar-refractivity contribution in [3.8, 4) is 0 Å². The maximum atomic E-state index is 12.4. The fourth-order valence-corrected chi connectivity index (χ4v) is 4.42. The zero-order valence-electron chi connectivity index (χ0n) is 14.5. The van der Waals surface area contributed by atoms with Gasteiger partial charge in [0.15, 0.2) is 0 Å². The van der Waals surface area contributed by atoms with Crippen molar-refractivity contribution in [2.45, 2.75) is 28.7 Å². The van der Waals surface area contributed by atoms with Crippen molar-refractivity contribution in [1.29, 1.82) is 0 Å². The molecule has 27 heavy (non-hydrogen) atoms. The summed E-state index contributed by atoms with van der Waals surface area (Å²) in [5.41, 5.74) is 0.569. The Labute approximate surface area is 158 Å². The number of nitrogens with one attached hydrogen (secondary N) is 3. The van der Waals surface area contributed by atoms with E-state index < -0.39 is 26.0 Å². The first-order valence-electron chi connectivity index (χ1n) is 8.19. The van der Waals surface area contributed by atoms with E-state index in [1.807, 2.05) is 0 Å². The molecule has 0 saturated heterocycles. The van der Waals surface area contributed by atoms with Gasteiger partial charge in [0, 0.05) is 17.3 Å². The van der Waals surface area contributed by atoms with Gasteiger partial charge in [0.2, 0.25) is 20.0 Å². The van der Waals surface area contributed by atoms with Gasteiger partial charge in [-0.25, -0.2) is 26.3 Å². The third kappa shape index (κ3) is 4.72. The van der Waals surface area contributed by atoms with Crippen LogP contribution in [0.3, 0.4) is 0 Å². The molecule has 1 aliphatic carbocycles. The molecule has 1 amide bonds. The van der Waals surface area contributed by atoms with Crippen LogP contribution in [0.25, 0.3) is 0 Å². The standard InChI is InChI=1S/C17H19N3O5S2/c1-18-26(22,23)15-9-5-12(6-10-15)17(21)19-14-3-2-4-16(11-14)27(24,25)20-13-7-8-13/h2-6,9-11,13,18,20H,7-8H2,1H3,(H,19,21). The fraction of sp³-hybridized carbons (Fsp3) is 0.235. The first-order valence-corrected chi connectivity index (χ1v) is 11.2. The molecule has 1 fully saturated rings. The molecule has 1 saturated carbocycles. The maximum absolute atomic E-state index is 12.4. The molecule has 1 aliphatic rings. The lowest BCUT2D eigenvalue weighted by atomic mass is 10.2. The van der Waals surface area contributed by atoms with Crippen LogP contribution in [-0.2, 0) is 20.0 Å². The highest BCUT2D eigenvalue weighted by Gasteiger charge is 2.28. The van der Waals surface area contributed by atoms with E-state index in [0.717, 1.165) is 12.8 Å². The van der Waals surface area contributed by atoms with Crippen LogP contribution < -0.4 is 14.8 Å². The van der Waals surface area contributed by atoms with Gasteiger partial charge in [-0.3, -0.25) is 4.79 Å². The van der Waals surface area contributed by atoms with E-state index in [0.29, 0.717) is 5.69 Å². The van der Waals surface area contributed by atoms with E-state index in [1.54, 1.807) is 12.1 Å². The van der Waals surface area contributed by atoms with E-state index in [1.165, 1.54) is 43.4 Å². The summed E-state index contributed by atoms with van der Waals surface area (Å²) in [5.74, 6) is -0.479. The van der Waals surface area contributed by atoms with Crippen molar-refractivity contribution < 1.29 is 21.6 Å². The van der Waals surface area contributed by atoms with Crippen LogP contribution in [0, 0.1) is 0 Å². The summed E-state index contributed by atoms with van der Waals surface area (Å²) < 4.78 is 52.7. The molecule has 8 nitrogen and oxygen atoms in total. The highest BCUT2D eigenvalue weighted by Crippen LogP contribution is 2.23. The summed E-state index contributed by atoms with van der Waals surface area (Å²) in [6.45, 7) is 0. The van der Waals surface area contributed by atoms with Gasteiger partial charge in [-0.05, 0) is 62.4 Å². The first-order chi connectivity index (χ1) is 12.7. The lowest BCUT2D eigenvalue weighted by molar-refractivity contribution is 0.102. The number of sulfonamides is 2. The quantitative estimate of drug-likeness (QED) is 0.636. The number of hydrogen-bond acceptors (Lipinski definition) is 5. The fourth-order valence-electron chi connectivity index (χ4n) is 2.34. The Morgan fingerprint density at radius 1 is 0.926 bits per heavy atom. The number of anilines is 1. The van der Waals surface area contributed by atoms with Crippen LogP contribution in [0.5, 0.6) is 0 Å². The Kier molecular flexibility index (Phi) is 5.33. The molecule has 3 N–H and O–H groups in total. The number of rotatable bonds is 7. The minimum atomic E-state index is -3.62. The van der Waals surface area contributed by atoms with Crippen molar-refractivity contribution in [3.05, 3.63) is 54.1 Å². The molecule has 0 heterocycles. The molecule has 3 rings (SSSR count). The Morgan fingerprint density at radius 2 is 1.59 bits per heavy atom. The molecule has 0 unspecified atom stereocenters. The number of carbonyl (C=O) groups is 1. The third-order valence-electron chi connectivity index (χ3n) is 4.00. The SMILES string of the molecule is CNS(=O)(=O)c1ccc(C(=O)Nc2cccc(S(=O)(=O)NC3CC3)c2)cc1. The van der Waals surface area contributed by atoms with E-state index >= 15 is 0 Å². The monoisotopic (exact) mass is 409 g/mol. The summed E-state index contributed by atoms with van der Waals surface area (Å²) in [6.07, 6.45) is 1.66. The zero-order chi connectivity index (χ0) is 19.7. The minimum Gasteiger partial charge on any atom is -0.322 e. The topological polar surface area (TPSA) is 121 Å². The van der Waals surface area contributed by atoms with Crippen molar-refractivity contribution >= 4 is 31.6 Å². The summed E-state index contributed by atoms with van der Waals surface area (Å²) in [4.78, 5) is 12.5. The van der Waals surface area contributed by atoms with E-state index in [4.69, 9.17) is 0 Å². The summed E-state index contributed by atoms with van der Waals surface area (Å²) in [6, 6.07) is 11.3. The Bertz CT molecular complexity index is 1060. The van der Waals surface area contributed by atoms with E-state index in [-0.39, 0.29) is 21.4 Å². The van der Waals surface area contributed by atoms with Crippen LogP contribution in [0.1, 0.15) is 23.2 Å². The second-order valence-corrected chi connectivity index (χ2v) is 9.71. The van der Waals surface area contributed by atoms with Gasteiger partial charge in [0.05, 0.1) is 9.79 Å². The van der Waals surface area contributed by atoms with Gasteiger partial charge < -0.3 is 5.32 Å². The normalized spacial score (nSPS) is 14.7. The molecule has 2 aromatic rings. The number of hydrogen-bond donors (Lipinski definition) is 3. The van der Waals surface area contributed by atoms with E-state index in [9.17, 15) is 21.6 Å². The predicted molar refractivity (Wildman–Crippen MR) is 100 cm³/mol. The Balaban J connectivity index is 1.75. The molecule has 0 radical (unpaired) electrons. The number of benzene rings is 2. The minimum absolute atomic E-state index is 0.0133. The summed E-state index contributed by atoms with van der Waals surface area (Å²) in [5, 5.41) is 2.62. The zero-order valence-corrected chi connectivity index (χ0v) is 16.1. The molecule has 0 spiro atoms. The Hall–Kier alpha value is -2.27. The van der Waals surface area contributed by atoms with Crippen molar-refractivity contribution in [1.82, 2.24) is 9.44 Å². The summed E-state index contributed by atoms with van der Waals surface area (Å²) >= 11 is 0. The third-order valence-corrected chi connectivity index (χ3v) is 6.95. The van der Waals surface area contributed by atoms with Gasteiger partial charge in [-0.1, -0.05) is 6.07 Å². The highest BCUT2D eigenvalue weighted by atomic mass is 32.2. The number of carbonyl (C=O) groups excluding carboxylic acids is 1. The molecule has 0 atom stereocenters. The van der Waals surface area contributed by atoms with Gasteiger partial charge in [-0.15, -0.1) is 0 Å². The van der Waals surface area contributed by atoms with Crippen molar-refractivity contribution in [3.63, 3.8) is 0 Å². The van der Waals surface area contributed by atoms with Gasteiger partial charge >= 0.3 is 0 Å². The molecule has 10 heteroatoms. The maximum Gasteiger partial charge on any atom is 0.255 e. The predicted octanol–water partition coefficient (Wildman–Crippen LogP) is 1.29. The molecular formula is C17H19N3O5S2. The van der Waals surface area contributed by atoms with Crippen LogP contribution in [0.15, 0.2) is 58.3 Å². The molecular weight excluding hydrogens is 390 g/mol. The van der Waals surface area contributed by atoms with Crippen LogP contribution in [0.2, 0.25) is 0 Å². The Morgan fingerprint density at radius 3 is 2.19 bits per heavy atom. The lowest BCUT2D eigenvalue weighted by Crippen LogP contribution is -2.25. The van der Waals surface area contributed by atoms with Crippen molar-refractivity contribution in [2.75, 3.05) is 12.4 Å². The van der Waals surface area contributed by atoms with Crippen molar-refractivity contribution in [2.24, 2.45) is 0 Å². The lowest BCUT2D eigenvalue weighted by Gasteiger charge is -2.09. The molecule has 2 aromatic carbocycles. The molecule has 0 aliphatic heterocycles. The van der Waals surface area contributed by atoms with Gasteiger partial charge in [0.25, 0.3) is 5.91 Å². The smallest absolute Gasteiger partial charge is 0.255 e. The van der Waals surface area contributed by atoms with Gasteiger partial charge in [-0.2, -0.15) is 0 Å². The molecule has 144 valence electrons. The highest BCUT2D eigenvalue weighted by molar-refractivity contribution is 7.89. The summed E-state index contributed by atoms with van der Waals surface area (Å²) in [7, 11) is -5.90. The molecule has 0 bridgehead atoms. The van der Waals surface area contributed by atoms with Gasteiger partial charge in [0.1, 0.15) is 0 Å². The first kappa shape index (κ1) is 19.5. The number of amides is 1. The van der Waals surface area contributed by atoms with Crippen LogP contribution in [0.4, 0.5) is 5.69 Å². The second-order valence-electron chi connectivity index (χ2n) is 6.11. The average molecular weight is 409 g/mol.